The van der Waals surface area contributed by atoms with E-state index in [9.17, 15) is 13.2 Å². The molecule has 5 nitrogen and oxygen atoms in total. The number of hydrogen-bond donors (Lipinski definition) is 1. The Balaban J connectivity index is 2.16. The number of nitrogens with one attached hydrogen (secondary N) is 1. The van der Waals surface area contributed by atoms with Crippen molar-refractivity contribution in [3.8, 4) is 0 Å². The van der Waals surface area contributed by atoms with E-state index in [2.05, 4.69) is 5.32 Å². The molecule has 146 valence electrons. The van der Waals surface area contributed by atoms with Gasteiger partial charge in [-0.2, -0.15) is 4.31 Å². The van der Waals surface area contributed by atoms with Gasteiger partial charge in [-0.15, -0.1) is 11.8 Å². The van der Waals surface area contributed by atoms with Crippen LogP contribution in [-0.4, -0.2) is 38.0 Å². The minimum absolute atomic E-state index is 0.146. The SMILES string of the molecule is CCN(CC)S(=O)(=O)c1ccc(C(C)NC(=O)c2ccccc2SC)cc1. The van der Waals surface area contributed by atoms with Gasteiger partial charge in [0, 0.05) is 18.0 Å². The molecule has 0 radical (unpaired) electrons. The van der Waals surface area contributed by atoms with Gasteiger partial charge in [-0.3, -0.25) is 4.79 Å². The summed E-state index contributed by atoms with van der Waals surface area (Å²) in [5, 5.41) is 2.98. The van der Waals surface area contributed by atoms with Crippen molar-refractivity contribution in [3.05, 3.63) is 59.7 Å². The van der Waals surface area contributed by atoms with Crippen LogP contribution in [0.25, 0.3) is 0 Å². The largest absolute Gasteiger partial charge is 0.345 e. The molecule has 0 aliphatic rings. The molecular formula is C20H26N2O3S2. The first-order valence-corrected chi connectivity index (χ1v) is 11.6. The highest BCUT2D eigenvalue weighted by Crippen LogP contribution is 2.22. The Morgan fingerprint density at radius 2 is 1.67 bits per heavy atom. The Morgan fingerprint density at radius 1 is 1.07 bits per heavy atom. The van der Waals surface area contributed by atoms with Gasteiger partial charge in [0.2, 0.25) is 10.0 Å². The fourth-order valence-corrected chi connectivity index (χ4v) is 4.88. The maximum Gasteiger partial charge on any atom is 0.252 e. The molecule has 0 aromatic heterocycles. The number of amides is 1. The second kappa shape index (κ2) is 9.39. The van der Waals surface area contributed by atoms with Crippen LogP contribution in [-0.2, 0) is 10.0 Å². The second-order valence-corrected chi connectivity index (χ2v) is 8.84. The van der Waals surface area contributed by atoms with Crippen molar-refractivity contribution >= 4 is 27.7 Å². The zero-order chi connectivity index (χ0) is 20.0. The molecule has 1 amide bonds. The minimum atomic E-state index is -3.48. The average Bonchev–Trinajstić information content (AvgIpc) is 2.68. The first-order valence-electron chi connectivity index (χ1n) is 8.89. The lowest BCUT2D eigenvalue weighted by Crippen LogP contribution is -2.30. The van der Waals surface area contributed by atoms with Crippen molar-refractivity contribution in [2.45, 2.75) is 36.6 Å². The molecule has 2 aromatic rings. The highest BCUT2D eigenvalue weighted by atomic mass is 32.2. The van der Waals surface area contributed by atoms with Gasteiger partial charge in [-0.05, 0) is 43.0 Å². The fraction of sp³-hybridized carbons (Fsp3) is 0.350. The number of benzene rings is 2. The van der Waals surface area contributed by atoms with Crippen molar-refractivity contribution in [1.82, 2.24) is 9.62 Å². The van der Waals surface area contributed by atoms with E-state index < -0.39 is 10.0 Å². The van der Waals surface area contributed by atoms with Gasteiger partial charge < -0.3 is 5.32 Å². The molecule has 0 spiro atoms. The third kappa shape index (κ3) is 4.91. The van der Waals surface area contributed by atoms with E-state index in [1.807, 2.05) is 45.2 Å². The van der Waals surface area contributed by atoms with Gasteiger partial charge in [0.1, 0.15) is 0 Å². The standard InChI is InChI=1S/C20H26N2O3S2/c1-5-22(6-2)27(24,25)17-13-11-16(12-14-17)15(3)21-20(23)18-9-7-8-10-19(18)26-4/h7-15H,5-6H2,1-4H3,(H,21,23). The summed E-state index contributed by atoms with van der Waals surface area (Å²) >= 11 is 1.53. The Hall–Kier alpha value is -1.83. The summed E-state index contributed by atoms with van der Waals surface area (Å²) in [5.41, 5.74) is 1.49. The molecule has 27 heavy (non-hydrogen) atoms. The van der Waals surface area contributed by atoms with Gasteiger partial charge in [-0.1, -0.05) is 38.1 Å². The van der Waals surface area contributed by atoms with Crippen LogP contribution in [0.1, 0.15) is 42.7 Å². The molecular weight excluding hydrogens is 380 g/mol. The smallest absolute Gasteiger partial charge is 0.252 e. The zero-order valence-corrected chi connectivity index (χ0v) is 17.7. The van der Waals surface area contributed by atoms with E-state index in [1.54, 1.807) is 30.3 Å². The van der Waals surface area contributed by atoms with Crippen LogP contribution in [0.3, 0.4) is 0 Å². The molecule has 1 atom stereocenters. The van der Waals surface area contributed by atoms with Crippen LogP contribution in [0.2, 0.25) is 0 Å². The molecule has 1 unspecified atom stereocenters. The number of nitrogens with zero attached hydrogens (tertiary/aromatic N) is 1. The maximum atomic E-state index is 12.6. The van der Waals surface area contributed by atoms with Crippen molar-refractivity contribution in [2.75, 3.05) is 19.3 Å². The van der Waals surface area contributed by atoms with Crippen molar-refractivity contribution < 1.29 is 13.2 Å². The average molecular weight is 407 g/mol. The van der Waals surface area contributed by atoms with Gasteiger partial charge in [-0.25, -0.2) is 8.42 Å². The van der Waals surface area contributed by atoms with Crippen molar-refractivity contribution in [2.24, 2.45) is 0 Å². The quantitative estimate of drug-likeness (QED) is 0.675. The number of hydrogen-bond acceptors (Lipinski definition) is 4. The Kier molecular flexibility index (Phi) is 7.47. The summed E-state index contributed by atoms with van der Waals surface area (Å²) in [5.74, 6) is -0.146. The normalized spacial score (nSPS) is 12.8. The summed E-state index contributed by atoms with van der Waals surface area (Å²) in [6, 6.07) is 13.9. The number of carbonyl (C=O) groups excluding carboxylic acids is 1. The lowest BCUT2D eigenvalue weighted by Gasteiger charge is -2.19. The molecule has 0 aliphatic carbocycles. The zero-order valence-electron chi connectivity index (χ0n) is 16.1. The summed E-state index contributed by atoms with van der Waals surface area (Å²) in [6.07, 6.45) is 1.94. The molecule has 2 aromatic carbocycles. The number of sulfonamides is 1. The van der Waals surface area contributed by atoms with E-state index in [0.29, 0.717) is 18.7 Å². The Labute approximate surface area is 166 Å². The van der Waals surface area contributed by atoms with Crippen LogP contribution in [0, 0.1) is 0 Å². The maximum absolute atomic E-state index is 12.6. The van der Waals surface area contributed by atoms with Crippen LogP contribution in [0.5, 0.6) is 0 Å². The summed E-state index contributed by atoms with van der Waals surface area (Å²) in [6.45, 7) is 6.39. The van der Waals surface area contributed by atoms with Crippen LogP contribution in [0.4, 0.5) is 0 Å². The topological polar surface area (TPSA) is 66.5 Å². The third-order valence-corrected chi connectivity index (χ3v) is 7.28. The van der Waals surface area contributed by atoms with E-state index in [1.165, 1.54) is 16.1 Å². The second-order valence-electron chi connectivity index (χ2n) is 6.05. The van der Waals surface area contributed by atoms with E-state index in [0.717, 1.165) is 10.5 Å². The van der Waals surface area contributed by atoms with Crippen LogP contribution < -0.4 is 5.32 Å². The lowest BCUT2D eigenvalue weighted by atomic mass is 10.1. The van der Waals surface area contributed by atoms with Crippen molar-refractivity contribution in [1.29, 1.82) is 0 Å². The van der Waals surface area contributed by atoms with Gasteiger partial charge in [0.25, 0.3) is 5.91 Å². The highest BCUT2D eigenvalue weighted by Gasteiger charge is 2.22. The van der Waals surface area contributed by atoms with E-state index in [4.69, 9.17) is 0 Å². The van der Waals surface area contributed by atoms with E-state index >= 15 is 0 Å². The minimum Gasteiger partial charge on any atom is -0.345 e. The first-order chi connectivity index (χ1) is 12.8. The molecule has 7 heteroatoms. The molecule has 0 heterocycles. The van der Waals surface area contributed by atoms with Crippen LogP contribution in [0.15, 0.2) is 58.3 Å². The third-order valence-electron chi connectivity index (χ3n) is 4.42. The molecule has 2 rings (SSSR count). The van der Waals surface area contributed by atoms with Gasteiger partial charge >= 0.3 is 0 Å². The summed E-state index contributed by atoms with van der Waals surface area (Å²) in [4.78, 5) is 13.8. The molecule has 0 saturated carbocycles. The van der Waals surface area contributed by atoms with E-state index in [-0.39, 0.29) is 16.8 Å². The Morgan fingerprint density at radius 3 is 2.22 bits per heavy atom. The first kappa shape index (κ1) is 21.5. The number of thioether (sulfide) groups is 1. The molecule has 0 saturated heterocycles. The predicted molar refractivity (Wildman–Crippen MR) is 111 cm³/mol. The molecule has 1 N–H and O–H groups in total. The van der Waals surface area contributed by atoms with Gasteiger partial charge in [0.15, 0.2) is 0 Å². The molecule has 0 fully saturated rings. The number of rotatable bonds is 8. The summed E-state index contributed by atoms with van der Waals surface area (Å²) in [7, 11) is -3.48. The molecule has 0 bridgehead atoms. The van der Waals surface area contributed by atoms with Gasteiger partial charge in [0.05, 0.1) is 16.5 Å². The number of carbonyl (C=O) groups is 1. The van der Waals surface area contributed by atoms with Crippen molar-refractivity contribution in [3.63, 3.8) is 0 Å². The lowest BCUT2D eigenvalue weighted by molar-refractivity contribution is 0.0937. The fourth-order valence-electron chi connectivity index (χ4n) is 2.83. The Bertz CT molecular complexity index is 876. The monoisotopic (exact) mass is 406 g/mol. The summed E-state index contributed by atoms with van der Waals surface area (Å²) < 4.78 is 26.5. The predicted octanol–water partition coefficient (Wildman–Crippen LogP) is 3.93. The molecule has 0 aliphatic heterocycles. The highest BCUT2D eigenvalue weighted by molar-refractivity contribution is 7.98. The van der Waals surface area contributed by atoms with Crippen LogP contribution >= 0.6 is 11.8 Å².